The van der Waals surface area contributed by atoms with Crippen molar-refractivity contribution in [3.8, 4) is 0 Å². The molecule has 2 N–H and O–H groups in total. The van der Waals surface area contributed by atoms with Crippen LogP contribution in [0.1, 0.15) is 41.8 Å². The molecule has 1 fully saturated rings. The molecule has 24 heavy (non-hydrogen) atoms. The Morgan fingerprint density at radius 1 is 1.29 bits per heavy atom. The molecule has 1 unspecified atom stereocenters. The van der Waals surface area contributed by atoms with Gasteiger partial charge in [0.05, 0.1) is 11.5 Å². The fourth-order valence-corrected chi connectivity index (χ4v) is 3.02. The van der Waals surface area contributed by atoms with Crippen LogP contribution in [0.25, 0.3) is 0 Å². The van der Waals surface area contributed by atoms with Gasteiger partial charge in [0.2, 0.25) is 11.8 Å². The lowest BCUT2D eigenvalue weighted by Crippen LogP contribution is -2.31. The van der Waals surface area contributed by atoms with Gasteiger partial charge in [-0.25, -0.2) is 4.79 Å². The minimum Gasteiger partial charge on any atom is -0.478 e. The third-order valence-corrected chi connectivity index (χ3v) is 4.23. The smallest absolute Gasteiger partial charge is 0.336 e. The van der Waals surface area contributed by atoms with Crippen LogP contribution in [0.4, 0.5) is 5.69 Å². The minimum atomic E-state index is -1.03. The Bertz CT molecular complexity index is 682. The van der Waals surface area contributed by atoms with E-state index in [0.717, 1.165) is 5.56 Å². The largest absolute Gasteiger partial charge is 0.478 e. The Kier molecular flexibility index (Phi) is 5.26. The lowest BCUT2D eigenvalue weighted by molar-refractivity contribution is -0.128. The van der Waals surface area contributed by atoms with Crippen molar-refractivity contribution in [2.45, 2.75) is 34.1 Å². The van der Waals surface area contributed by atoms with E-state index in [2.05, 4.69) is 5.32 Å². The molecule has 6 nitrogen and oxygen atoms in total. The second kappa shape index (κ2) is 7.03. The molecule has 1 saturated heterocycles. The molecule has 1 aromatic rings. The molecular formula is C18H24N2O4. The van der Waals surface area contributed by atoms with Crippen LogP contribution < -0.4 is 5.32 Å². The van der Waals surface area contributed by atoms with Crippen LogP contribution in [0.5, 0.6) is 0 Å². The summed E-state index contributed by atoms with van der Waals surface area (Å²) in [6, 6.07) is 3.22. The molecule has 130 valence electrons. The van der Waals surface area contributed by atoms with Gasteiger partial charge in [0.15, 0.2) is 0 Å². The van der Waals surface area contributed by atoms with Crippen LogP contribution in [0.3, 0.4) is 0 Å². The maximum Gasteiger partial charge on any atom is 0.336 e. The zero-order valence-electron chi connectivity index (χ0n) is 14.5. The normalized spacial score (nSPS) is 17.5. The Hall–Kier alpha value is -2.37. The van der Waals surface area contributed by atoms with E-state index in [4.69, 9.17) is 0 Å². The van der Waals surface area contributed by atoms with Gasteiger partial charge >= 0.3 is 5.97 Å². The third-order valence-electron chi connectivity index (χ3n) is 4.23. The number of nitrogens with zero attached hydrogens (tertiary/aromatic N) is 1. The zero-order chi connectivity index (χ0) is 18.0. The summed E-state index contributed by atoms with van der Waals surface area (Å²) < 4.78 is 0. The zero-order valence-corrected chi connectivity index (χ0v) is 14.5. The first kappa shape index (κ1) is 18.0. The summed E-state index contributed by atoms with van der Waals surface area (Å²) in [7, 11) is 0. The summed E-state index contributed by atoms with van der Waals surface area (Å²) in [6.07, 6.45) is 0.204. The standard InChI is InChI=1S/C18H24N2O4/c1-10(2)8-20-9-13(6-16(20)21)17(22)19-15-7-14(18(23)24)11(3)5-12(15)4/h5,7,10,13H,6,8-9H2,1-4H3,(H,19,22)(H,23,24). The van der Waals surface area contributed by atoms with Gasteiger partial charge in [0.25, 0.3) is 0 Å². The number of anilines is 1. The van der Waals surface area contributed by atoms with Crippen molar-refractivity contribution < 1.29 is 19.5 Å². The van der Waals surface area contributed by atoms with Gasteiger partial charge < -0.3 is 15.3 Å². The van der Waals surface area contributed by atoms with Crippen LogP contribution in [-0.4, -0.2) is 40.9 Å². The molecule has 1 atom stereocenters. The van der Waals surface area contributed by atoms with Crippen molar-refractivity contribution in [2.24, 2.45) is 11.8 Å². The number of hydrogen-bond acceptors (Lipinski definition) is 3. The average molecular weight is 332 g/mol. The summed E-state index contributed by atoms with van der Waals surface area (Å²) in [6.45, 7) is 8.67. The highest BCUT2D eigenvalue weighted by Gasteiger charge is 2.34. The number of hydrogen-bond donors (Lipinski definition) is 2. The number of nitrogens with one attached hydrogen (secondary N) is 1. The molecule has 1 aliphatic heterocycles. The summed E-state index contributed by atoms with van der Waals surface area (Å²) in [5.41, 5.74) is 2.10. The van der Waals surface area contributed by atoms with E-state index in [1.165, 1.54) is 6.07 Å². The van der Waals surface area contributed by atoms with Gasteiger partial charge in [-0.05, 0) is 37.0 Å². The second-order valence-corrected chi connectivity index (χ2v) is 6.87. The average Bonchev–Trinajstić information content (AvgIpc) is 2.82. The van der Waals surface area contributed by atoms with Gasteiger partial charge in [0, 0.05) is 25.2 Å². The summed E-state index contributed by atoms with van der Waals surface area (Å²) in [5, 5.41) is 12.0. The number of carbonyl (C=O) groups excluding carboxylic acids is 2. The number of likely N-dealkylation sites (tertiary alicyclic amines) is 1. The molecule has 6 heteroatoms. The first-order chi connectivity index (χ1) is 11.2. The van der Waals surface area contributed by atoms with E-state index in [1.807, 2.05) is 20.8 Å². The number of benzene rings is 1. The number of rotatable bonds is 5. The van der Waals surface area contributed by atoms with E-state index in [9.17, 15) is 19.5 Å². The van der Waals surface area contributed by atoms with E-state index < -0.39 is 11.9 Å². The van der Waals surface area contributed by atoms with Crippen molar-refractivity contribution in [1.82, 2.24) is 4.90 Å². The molecule has 2 amide bonds. The third kappa shape index (κ3) is 3.93. The summed E-state index contributed by atoms with van der Waals surface area (Å²) in [4.78, 5) is 37.4. The van der Waals surface area contributed by atoms with Gasteiger partial charge in [-0.3, -0.25) is 9.59 Å². The lowest BCUT2D eigenvalue weighted by atomic mass is 10.0. The first-order valence-corrected chi connectivity index (χ1v) is 8.12. The van der Waals surface area contributed by atoms with Crippen LogP contribution in [0.15, 0.2) is 12.1 Å². The highest BCUT2D eigenvalue weighted by atomic mass is 16.4. The van der Waals surface area contributed by atoms with E-state index in [1.54, 1.807) is 17.9 Å². The van der Waals surface area contributed by atoms with Crippen molar-refractivity contribution in [1.29, 1.82) is 0 Å². The number of carboxylic acids is 1. The molecule has 0 saturated carbocycles. The van der Waals surface area contributed by atoms with Crippen LogP contribution >= 0.6 is 0 Å². The predicted octanol–water partition coefficient (Wildman–Crippen LogP) is 2.44. The number of amides is 2. The molecule has 0 aromatic heterocycles. The second-order valence-electron chi connectivity index (χ2n) is 6.87. The SMILES string of the molecule is Cc1cc(C)c(C(=O)O)cc1NC(=O)C1CC(=O)N(CC(C)C)C1. The quantitative estimate of drug-likeness (QED) is 0.867. The van der Waals surface area contributed by atoms with Gasteiger partial charge in [-0.2, -0.15) is 0 Å². The van der Waals surface area contributed by atoms with E-state index in [-0.39, 0.29) is 23.8 Å². The molecule has 1 heterocycles. The predicted molar refractivity (Wildman–Crippen MR) is 91.0 cm³/mol. The van der Waals surface area contributed by atoms with Gasteiger partial charge in [-0.1, -0.05) is 19.9 Å². The van der Waals surface area contributed by atoms with Crippen molar-refractivity contribution in [2.75, 3.05) is 18.4 Å². The fourth-order valence-electron chi connectivity index (χ4n) is 3.02. The molecule has 0 spiro atoms. The fraction of sp³-hybridized carbons (Fsp3) is 0.500. The summed E-state index contributed by atoms with van der Waals surface area (Å²) >= 11 is 0. The minimum absolute atomic E-state index is 0.00398. The first-order valence-electron chi connectivity index (χ1n) is 8.12. The molecule has 1 aliphatic rings. The van der Waals surface area contributed by atoms with Crippen LogP contribution in [0, 0.1) is 25.7 Å². The van der Waals surface area contributed by atoms with Crippen molar-refractivity contribution in [3.63, 3.8) is 0 Å². The number of carbonyl (C=O) groups is 3. The Labute approximate surface area is 141 Å². The van der Waals surface area contributed by atoms with E-state index in [0.29, 0.717) is 30.3 Å². The highest BCUT2D eigenvalue weighted by molar-refractivity contribution is 5.99. The van der Waals surface area contributed by atoms with Crippen molar-refractivity contribution >= 4 is 23.5 Å². The molecule has 0 bridgehead atoms. The van der Waals surface area contributed by atoms with Crippen LogP contribution in [-0.2, 0) is 9.59 Å². The highest BCUT2D eigenvalue weighted by Crippen LogP contribution is 2.24. The van der Waals surface area contributed by atoms with Gasteiger partial charge in [0.1, 0.15) is 0 Å². The number of carboxylic acid groups (broad SMARTS) is 1. The Morgan fingerprint density at radius 2 is 1.96 bits per heavy atom. The van der Waals surface area contributed by atoms with Crippen molar-refractivity contribution in [3.05, 3.63) is 28.8 Å². The Morgan fingerprint density at radius 3 is 2.54 bits per heavy atom. The lowest BCUT2D eigenvalue weighted by Gasteiger charge is -2.19. The maximum atomic E-state index is 12.5. The Balaban J connectivity index is 2.12. The van der Waals surface area contributed by atoms with Gasteiger partial charge in [-0.15, -0.1) is 0 Å². The van der Waals surface area contributed by atoms with Crippen LogP contribution in [0.2, 0.25) is 0 Å². The maximum absolute atomic E-state index is 12.5. The molecular weight excluding hydrogens is 308 g/mol. The van der Waals surface area contributed by atoms with E-state index >= 15 is 0 Å². The molecule has 0 radical (unpaired) electrons. The molecule has 1 aromatic carbocycles. The topological polar surface area (TPSA) is 86.7 Å². The number of aromatic carboxylic acids is 1. The summed E-state index contributed by atoms with van der Waals surface area (Å²) in [5.74, 6) is -1.31. The molecule has 0 aliphatic carbocycles. The monoisotopic (exact) mass is 332 g/mol. The number of aryl methyl sites for hydroxylation is 2. The molecule has 2 rings (SSSR count).